The zero-order chi connectivity index (χ0) is 7.41. The van der Waals surface area contributed by atoms with E-state index in [-0.39, 0.29) is 5.92 Å². The van der Waals surface area contributed by atoms with Gasteiger partial charge in [0.25, 0.3) is 0 Å². The molecule has 0 nitrogen and oxygen atoms in total. The van der Waals surface area contributed by atoms with Crippen LogP contribution in [-0.4, -0.2) is 6.98 Å². The number of rotatable bonds is 2. The maximum absolute atomic E-state index is 12.2. The van der Waals surface area contributed by atoms with E-state index in [2.05, 4.69) is 0 Å². The van der Waals surface area contributed by atoms with Crippen LogP contribution in [0.15, 0.2) is 0 Å². The van der Waals surface area contributed by atoms with Gasteiger partial charge in [-0.15, -0.1) is 0 Å². The molecule has 0 aromatic heterocycles. The summed E-state index contributed by atoms with van der Waals surface area (Å²) in [6.07, 6.45) is 2.48. The first-order valence-corrected chi connectivity index (χ1v) is 3.76. The number of halogens is 3. The van der Waals surface area contributed by atoms with E-state index in [9.17, 15) is 12.9 Å². The van der Waals surface area contributed by atoms with E-state index < -0.39 is 12.3 Å². The fraction of sp³-hybridized carbons (Fsp3) is 1.00. The molecule has 0 N–H and O–H groups in total. The van der Waals surface area contributed by atoms with Crippen LogP contribution < -0.4 is 0 Å². The highest BCUT2D eigenvalue weighted by Gasteiger charge is 2.64. The van der Waals surface area contributed by atoms with Crippen LogP contribution in [0.2, 0.25) is 5.31 Å². The molecule has 0 bridgehead atoms. The van der Waals surface area contributed by atoms with Gasteiger partial charge in [0.05, 0.1) is 0 Å². The van der Waals surface area contributed by atoms with Crippen molar-refractivity contribution in [3.8, 4) is 0 Å². The van der Waals surface area contributed by atoms with Gasteiger partial charge in [0.2, 0.25) is 0 Å². The van der Waals surface area contributed by atoms with Crippen LogP contribution in [0.4, 0.5) is 12.9 Å². The van der Waals surface area contributed by atoms with E-state index in [1.54, 1.807) is 0 Å². The molecule has 2 rings (SSSR count). The second-order valence-electron chi connectivity index (χ2n) is 3.58. The van der Waals surface area contributed by atoms with Crippen molar-refractivity contribution in [3.05, 3.63) is 0 Å². The Morgan fingerprint density at radius 2 is 1.60 bits per heavy atom. The lowest BCUT2D eigenvalue weighted by Crippen LogP contribution is -2.27. The van der Waals surface area contributed by atoms with Crippen LogP contribution >= 0.6 is 0 Å². The summed E-state index contributed by atoms with van der Waals surface area (Å²) in [5.74, 6) is 0.0208. The zero-order valence-electron chi connectivity index (χ0n) is 5.62. The number of hydrogen-bond acceptors (Lipinski definition) is 0. The van der Waals surface area contributed by atoms with E-state index in [1.165, 1.54) is 0 Å². The second-order valence-corrected chi connectivity index (χ2v) is 3.58. The first kappa shape index (κ1) is 6.56. The van der Waals surface area contributed by atoms with Crippen LogP contribution in [0, 0.1) is 5.92 Å². The van der Waals surface area contributed by atoms with Gasteiger partial charge in [-0.25, -0.2) is 0 Å². The Morgan fingerprint density at radius 1 is 1.10 bits per heavy atom. The lowest BCUT2D eigenvalue weighted by molar-refractivity contribution is 0.406. The van der Waals surface area contributed by atoms with Crippen molar-refractivity contribution in [2.45, 2.75) is 31.0 Å². The molecule has 2 aliphatic rings. The first-order chi connectivity index (χ1) is 4.56. The lowest BCUT2D eigenvalue weighted by Gasteiger charge is -2.25. The summed E-state index contributed by atoms with van der Waals surface area (Å²) in [7, 11) is 0. The van der Waals surface area contributed by atoms with Crippen molar-refractivity contribution < 1.29 is 12.9 Å². The maximum Gasteiger partial charge on any atom is 0.484 e. The Morgan fingerprint density at radius 3 is 1.70 bits per heavy atom. The average molecular weight is 149 g/mol. The predicted molar refractivity (Wildman–Crippen MR) is 33.7 cm³/mol. The average Bonchev–Trinajstić information content (AvgIpc) is 2.56. The Balaban J connectivity index is 2.13. The molecule has 0 aromatic rings. The molecular weight excluding hydrogens is 140 g/mol. The summed E-state index contributed by atoms with van der Waals surface area (Å²) < 4.78 is 36.7. The van der Waals surface area contributed by atoms with Gasteiger partial charge in [-0.05, 0) is 0 Å². The van der Waals surface area contributed by atoms with Gasteiger partial charge < -0.3 is 12.9 Å². The highest BCUT2D eigenvalue weighted by Crippen LogP contribution is 2.73. The summed E-state index contributed by atoms with van der Waals surface area (Å²) in [4.78, 5) is 0. The molecule has 0 amide bonds. The minimum absolute atomic E-state index is 0.0208. The van der Waals surface area contributed by atoms with Crippen molar-refractivity contribution in [1.29, 1.82) is 0 Å². The topological polar surface area (TPSA) is 0 Å². The zero-order valence-corrected chi connectivity index (χ0v) is 5.62. The molecule has 0 unspecified atom stereocenters. The van der Waals surface area contributed by atoms with E-state index >= 15 is 0 Å². The molecule has 0 aliphatic heterocycles. The van der Waals surface area contributed by atoms with Crippen LogP contribution in [0.3, 0.4) is 0 Å². The van der Waals surface area contributed by atoms with Crippen molar-refractivity contribution in [1.82, 2.24) is 0 Å². The van der Waals surface area contributed by atoms with Gasteiger partial charge >= 0.3 is 6.98 Å². The molecule has 2 aliphatic carbocycles. The van der Waals surface area contributed by atoms with Crippen molar-refractivity contribution in [2.24, 2.45) is 5.92 Å². The molecule has 2 fully saturated rings. The third-order valence-electron chi connectivity index (χ3n) is 2.87. The number of hydrogen-bond donors (Lipinski definition) is 0. The van der Waals surface area contributed by atoms with E-state index in [4.69, 9.17) is 0 Å². The summed E-state index contributed by atoms with van der Waals surface area (Å²) in [6.45, 7) is -4.52. The van der Waals surface area contributed by atoms with Crippen molar-refractivity contribution in [3.63, 3.8) is 0 Å². The molecule has 0 spiro atoms. The third-order valence-corrected chi connectivity index (χ3v) is 2.87. The van der Waals surface area contributed by atoms with E-state index in [0.717, 1.165) is 12.8 Å². The summed E-state index contributed by atoms with van der Waals surface area (Å²) in [5, 5.41) is -1.14. The Bertz CT molecular complexity index is 155. The Hall–Kier alpha value is -0.145. The molecule has 0 radical (unpaired) electrons. The van der Waals surface area contributed by atoms with Gasteiger partial charge in [-0.1, -0.05) is 36.9 Å². The van der Waals surface area contributed by atoms with Gasteiger partial charge in [0.1, 0.15) is 0 Å². The fourth-order valence-electron chi connectivity index (χ4n) is 1.81. The Kier molecular flexibility index (Phi) is 1.01. The van der Waals surface area contributed by atoms with Gasteiger partial charge in [0, 0.05) is 0 Å². The highest BCUT2D eigenvalue weighted by atomic mass is 19.4. The van der Waals surface area contributed by atoms with Gasteiger partial charge in [0.15, 0.2) is 0 Å². The van der Waals surface area contributed by atoms with Crippen LogP contribution in [0.5, 0.6) is 0 Å². The molecule has 10 heavy (non-hydrogen) atoms. The minimum atomic E-state index is -4.52. The summed E-state index contributed by atoms with van der Waals surface area (Å²) in [6, 6.07) is 0. The molecule has 0 atom stereocenters. The van der Waals surface area contributed by atoms with E-state index in [1.807, 2.05) is 0 Å². The Labute approximate surface area is 57.9 Å². The normalized spacial score (nSPS) is 30.3. The maximum atomic E-state index is 12.2. The molecule has 0 heterocycles. The standard InChI is InChI=1S/C6H9BF3/c8-7(9,10)6(3-4-6)5-1-2-5/h5H,1-4H2/q-1. The SMILES string of the molecule is F[B-](F)(F)C1(C2CC2)CC1. The van der Waals surface area contributed by atoms with Crippen molar-refractivity contribution >= 4 is 6.98 Å². The largest absolute Gasteiger partial charge is 0.484 e. The second kappa shape index (κ2) is 1.54. The summed E-state index contributed by atoms with van der Waals surface area (Å²) in [5.41, 5.74) is 0. The monoisotopic (exact) mass is 149 g/mol. The predicted octanol–water partition coefficient (Wildman–Crippen LogP) is 2.78. The molecule has 4 heteroatoms. The molecule has 0 aromatic carbocycles. The van der Waals surface area contributed by atoms with E-state index in [0.29, 0.717) is 12.8 Å². The minimum Gasteiger partial charge on any atom is -0.449 e. The van der Waals surface area contributed by atoms with Gasteiger partial charge in [-0.3, -0.25) is 0 Å². The molecule has 58 valence electrons. The summed E-state index contributed by atoms with van der Waals surface area (Å²) >= 11 is 0. The third kappa shape index (κ3) is 0.707. The molecule has 2 saturated carbocycles. The quantitative estimate of drug-likeness (QED) is 0.529. The molecule has 0 saturated heterocycles. The fourth-order valence-corrected chi connectivity index (χ4v) is 1.81. The lowest BCUT2D eigenvalue weighted by atomic mass is 9.65. The highest BCUT2D eigenvalue weighted by molar-refractivity contribution is 6.63. The van der Waals surface area contributed by atoms with Crippen molar-refractivity contribution in [2.75, 3.05) is 0 Å². The van der Waals surface area contributed by atoms with Crippen LogP contribution in [0.1, 0.15) is 25.7 Å². The van der Waals surface area contributed by atoms with Crippen LogP contribution in [-0.2, 0) is 0 Å². The smallest absolute Gasteiger partial charge is 0.449 e. The van der Waals surface area contributed by atoms with Crippen LogP contribution in [0.25, 0.3) is 0 Å². The van der Waals surface area contributed by atoms with Gasteiger partial charge in [-0.2, -0.15) is 0 Å². The molecular formula is C6H9BF3-. The first-order valence-electron chi connectivity index (χ1n) is 3.76.